The topological polar surface area (TPSA) is 38.8 Å². The molecule has 0 aliphatic heterocycles. The van der Waals surface area contributed by atoms with Crippen LogP contribution in [0.25, 0.3) is 0 Å². The molecule has 0 aliphatic rings. The molecular weight excluding hydrogens is 194 g/mol. The van der Waals surface area contributed by atoms with Gasteiger partial charge < -0.3 is 14.4 Å². The molecule has 0 radical (unpaired) electrons. The average Bonchev–Trinajstić information content (AvgIpc) is 2.28. The van der Waals surface area contributed by atoms with Gasteiger partial charge in [-0.15, -0.1) is 0 Å². The molecule has 1 aromatic rings. The number of nitrogens with zero attached hydrogens (tertiary/aromatic N) is 1. The minimum absolute atomic E-state index is 0.349. The third-order valence-corrected chi connectivity index (χ3v) is 2.04. The molecule has 0 aromatic heterocycles. The summed E-state index contributed by atoms with van der Waals surface area (Å²) in [4.78, 5) is 12.6. The van der Waals surface area contributed by atoms with Gasteiger partial charge in [0.2, 0.25) is 0 Å². The van der Waals surface area contributed by atoms with Crippen LogP contribution in [0.4, 0.5) is 4.79 Å². The molecule has 4 heteroatoms. The minimum Gasteiger partial charge on any atom is -0.497 e. The first kappa shape index (κ1) is 11.4. The van der Waals surface area contributed by atoms with E-state index in [0.29, 0.717) is 6.54 Å². The van der Waals surface area contributed by atoms with Gasteiger partial charge in [-0.2, -0.15) is 0 Å². The van der Waals surface area contributed by atoms with Crippen molar-refractivity contribution < 1.29 is 14.3 Å². The van der Waals surface area contributed by atoms with Crippen molar-refractivity contribution in [1.29, 1.82) is 0 Å². The van der Waals surface area contributed by atoms with Crippen LogP contribution in [0.3, 0.4) is 0 Å². The summed E-state index contributed by atoms with van der Waals surface area (Å²) in [5.41, 5.74) is 1.00. The highest BCUT2D eigenvalue weighted by Gasteiger charge is 2.08. The Hall–Kier alpha value is -1.71. The Bertz CT molecular complexity index is 338. The molecule has 15 heavy (non-hydrogen) atoms. The van der Waals surface area contributed by atoms with Gasteiger partial charge in [-0.25, -0.2) is 4.79 Å². The van der Waals surface area contributed by atoms with E-state index >= 15 is 0 Å². The van der Waals surface area contributed by atoms with Crippen LogP contribution in [-0.4, -0.2) is 32.3 Å². The summed E-state index contributed by atoms with van der Waals surface area (Å²) in [6.45, 7) is 0.504. The Labute approximate surface area is 89.4 Å². The molecule has 0 fully saturated rings. The second-order valence-corrected chi connectivity index (χ2v) is 3.18. The van der Waals surface area contributed by atoms with Crippen LogP contribution in [0, 0.1) is 0 Å². The maximum Gasteiger partial charge on any atom is 0.409 e. The van der Waals surface area contributed by atoms with Gasteiger partial charge in [0.25, 0.3) is 0 Å². The molecule has 0 saturated heterocycles. The summed E-state index contributed by atoms with van der Waals surface area (Å²) in [5.74, 6) is 0.783. The first-order valence-electron chi connectivity index (χ1n) is 4.59. The van der Waals surface area contributed by atoms with E-state index in [2.05, 4.69) is 4.74 Å². The summed E-state index contributed by atoms with van der Waals surface area (Å²) in [5, 5.41) is 0. The first-order chi connectivity index (χ1) is 7.17. The number of hydrogen-bond donors (Lipinski definition) is 0. The smallest absolute Gasteiger partial charge is 0.409 e. The van der Waals surface area contributed by atoms with E-state index in [1.165, 1.54) is 12.0 Å². The Kier molecular flexibility index (Phi) is 3.97. The van der Waals surface area contributed by atoms with Crippen LogP contribution in [0.2, 0.25) is 0 Å². The van der Waals surface area contributed by atoms with E-state index < -0.39 is 0 Å². The molecule has 0 aliphatic carbocycles. The normalized spacial score (nSPS) is 9.53. The van der Waals surface area contributed by atoms with E-state index in [0.717, 1.165) is 11.3 Å². The van der Waals surface area contributed by atoms with Crippen molar-refractivity contribution in [3.8, 4) is 5.75 Å². The molecule has 0 bridgehead atoms. The molecule has 0 spiro atoms. The monoisotopic (exact) mass is 209 g/mol. The molecule has 0 saturated carbocycles. The van der Waals surface area contributed by atoms with Gasteiger partial charge in [0.1, 0.15) is 5.75 Å². The van der Waals surface area contributed by atoms with Crippen molar-refractivity contribution in [1.82, 2.24) is 4.90 Å². The summed E-state index contributed by atoms with van der Waals surface area (Å²) >= 11 is 0. The SMILES string of the molecule is COC(=O)N(C)Cc1cccc(OC)c1. The number of hydrogen-bond acceptors (Lipinski definition) is 3. The van der Waals surface area contributed by atoms with Gasteiger partial charge >= 0.3 is 6.09 Å². The molecule has 4 nitrogen and oxygen atoms in total. The molecular formula is C11H15NO3. The van der Waals surface area contributed by atoms with Crippen molar-refractivity contribution in [2.24, 2.45) is 0 Å². The molecule has 0 atom stereocenters. The van der Waals surface area contributed by atoms with E-state index in [-0.39, 0.29) is 6.09 Å². The lowest BCUT2D eigenvalue weighted by Gasteiger charge is -2.15. The zero-order valence-electron chi connectivity index (χ0n) is 9.19. The minimum atomic E-state index is -0.349. The standard InChI is InChI=1S/C11H15NO3/c1-12(11(13)15-3)8-9-5-4-6-10(7-9)14-2/h4-7H,8H2,1-3H3. The Morgan fingerprint density at radius 3 is 2.73 bits per heavy atom. The van der Waals surface area contributed by atoms with Gasteiger partial charge in [-0.1, -0.05) is 12.1 Å². The zero-order valence-corrected chi connectivity index (χ0v) is 9.19. The second-order valence-electron chi connectivity index (χ2n) is 3.18. The quantitative estimate of drug-likeness (QED) is 0.763. The van der Waals surface area contributed by atoms with Crippen LogP contribution >= 0.6 is 0 Å². The van der Waals surface area contributed by atoms with E-state index in [9.17, 15) is 4.79 Å². The lowest BCUT2D eigenvalue weighted by atomic mass is 10.2. The number of carbonyl (C=O) groups is 1. The average molecular weight is 209 g/mol. The highest BCUT2D eigenvalue weighted by Crippen LogP contribution is 2.13. The predicted molar refractivity (Wildman–Crippen MR) is 56.9 cm³/mol. The predicted octanol–water partition coefficient (Wildman–Crippen LogP) is 1.89. The van der Waals surface area contributed by atoms with Crippen LogP contribution in [-0.2, 0) is 11.3 Å². The lowest BCUT2D eigenvalue weighted by molar-refractivity contribution is 0.131. The second kappa shape index (κ2) is 5.24. The summed E-state index contributed by atoms with van der Waals surface area (Å²) in [6, 6.07) is 7.57. The molecule has 0 N–H and O–H groups in total. The number of methoxy groups -OCH3 is 2. The fourth-order valence-corrected chi connectivity index (χ4v) is 1.27. The first-order valence-corrected chi connectivity index (χ1v) is 4.59. The van der Waals surface area contributed by atoms with Gasteiger partial charge in [0.05, 0.1) is 14.2 Å². The van der Waals surface area contributed by atoms with Gasteiger partial charge in [-0.3, -0.25) is 0 Å². The summed E-state index contributed by atoms with van der Waals surface area (Å²) < 4.78 is 9.69. The summed E-state index contributed by atoms with van der Waals surface area (Å²) in [7, 11) is 4.67. The lowest BCUT2D eigenvalue weighted by Crippen LogP contribution is -2.25. The largest absolute Gasteiger partial charge is 0.497 e. The zero-order chi connectivity index (χ0) is 11.3. The summed E-state index contributed by atoms with van der Waals surface area (Å²) in [6.07, 6.45) is -0.349. The molecule has 1 amide bonds. The molecule has 0 heterocycles. The Morgan fingerprint density at radius 2 is 2.13 bits per heavy atom. The number of carbonyl (C=O) groups excluding carboxylic acids is 1. The fraction of sp³-hybridized carbons (Fsp3) is 0.364. The van der Waals surface area contributed by atoms with Crippen molar-refractivity contribution in [3.63, 3.8) is 0 Å². The molecule has 0 unspecified atom stereocenters. The molecule has 82 valence electrons. The maximum absolute atomic E-state index is 11.1. The van der Waals surface area contributed by atoms with Crippen LogP contribution in [0.15, 0.2) is 24.3 Å². The highest BCUT2D eigenvalue weighted by molar-refractivity contribution is 5.67. The van der Waals surface area contributed by atoms with E-state index in [1.807, 2.05) is 24.3 Å². The number of amides is 1. The van der Waals surface area contributed by atoms with Crippen molar-refractivity contribution in [3.05, 3.63) is 29.8 Å². The van der Waals surface area contributed by atoms with Crippen LogP contribution < -0.4 is 4.74 Å². The third-order valence-electron chi connectivity index (χ3n) is 2.04. The van der Waals surface area contributed by atoms with Crippen molar-refractivity contribution in [2.75, 3.05) is 21.3 Å². The van der Waals surface area contributed by atoms with Crippen molar-refractivity contribution >= 4 is 6.09 Å². The number of benzene rings is 1. The van der Waals surface area contributed by atoms with Crippen LogP contribution in [0.1, 0.15) is 5.56 Å². The van der Waals surface area contributed by atoms with Crippen molar-refractivity contribution in [2.45, 2.75) is 6.54 Å². The Balaban J connectivity index is 2.67. The fourth-order valence-electron chi connectivity index (χ4n) is 1.27. The Morgan fingerprint density at radius 1 is 1.40 bits per heavy atom. The van der Waals surface area contributed by atoms with Gasteiger partial charge in [-0.05, 0) is 17.7 Å². The number of ether oxygens (including phenoxy) is 2. The number of rotatable bonds is 3. The third kappa shape index (κ3) is 3.16. The van der Waals surface area contributed by atoms with Gasteiger partial charge in [0.15, 0.2) is 0 Å². The van der Waals surface area contributed by atoms with Crippen LogP contribution in [0.5, 0.6) is 5.75 Å². The molecule has 1 aromatic carbocycles. The molecule has 1 rings (SSSR count). The van der Waals surface area contributed by atoms with E-state index in [1.54, 1.807) is 14.2 Å². The van der Waals surface area contributed by atoms with E-state index in [4.69, 9.17) is 4.74 Å². The maximum atomic E-state index is 11.1. The highest BCUT2D eigenvalue weighted by atomic mass is 16.5. The van der Waals surface area contributed by atoms with Gasteiger partial charge in [0, 0.05) is 13.6 Å².